The highest BCUT2D eigenvalue weighted by Gasteiger charge is 2.27. The zero-order chi connectivity index (χ0) is 23.5. The topological polar surface area (TPSA) is 85.6 Å². The molecule has 0 spiro atoms. The molecule has 1 aromatic heterocycles. The fourth-order valence-corrected chi connectivity index (χ4v) is 3.73. The lowest BCUT2D eigenvalue weighted by Gasteiger charge is -2.21. The molecule has 0 aliphatic heterocycles. The van der Waals surface area contributed by atoms with Gasteiger partial charge in [0.2, 0.25) is 0 Å². The number of hydrogen-bond donors (Lipinski definition) is 1. The van der Waals surface area contributed by atoms with Crippen molar-refractivity contribution < 1.29 is 23.1 Å². The largest absolute Gasteiger partial charge is 0.459 e. The third kappa shape index (κ3) is 4.62. The van der Waals surface area contributed by atoms with Crippen LogP contribution in [-0.2, 0) is 16.1 Å². The number of rotatable bonds is 6. The Bertz CT molecular complexity index is 1410. The third-order valence-corrected chi connectivity index (χ3v) is 5.41. The average molecular weight is 447 g/mol. The van der Waals surface area contributed by atoms with E-state index in [4.69, 9.17) is 9.15 Å². The van der Waals surface area contributed by atoms with E-state index in [1.54, 1.807) is 19.9 Å². The van der Waals surface area contributed by atoms with Gasteiger partial charge in [0, 0.05) is 17.0 Å². The molecule has 6 nitrogen and oxygen atoms in total. The Morgan fingerprint density at radius 3 is 2.52 bits per heavy atom. The zero-order valence-corrected chi connectivity index (χ0v) is 18.1. The summed E-state index contributed by atoms with van der Waals surface area (Å²) in [5, 5.41) is 5.04. The van der Waals surface area contributed by atoms with Crippen molar-refractivity contribution >= 4 is 33.6 Å². The van der Waals surface area contributed by atoms with E-state index >= 15 is 0 Å². The number of ether oxygens (including phenoxy) is 1. The Morgan fingerprint density at radius 1 is 1.03 bits per heavy atom. The van der Waals surface area contributed by atoms with Crippen molar-refractivity contribution in [3.8, 4) is 0 Å². The van der Waals surface area contributed by atoms with E-state index in [1.165, 1.54) is 30.3 Å². The van der Waals surface area contributed by atoms with Crippen LogP contribution in [0, 0.1) is 11.7 Å². The van der Waals surface area contributed by atoms with Gasteiger partial charge in [-0.2, -0.15) is 0 Å². The van der Waals surface area contributed by atoms with Crippen molar-refractivity contribution in [1.82, 2.24) is 5.32 Å². The van der Waals surface area contributed by atoms with Crippen LogP contribution in [0.25, 0.3) is 21.7 Å². The Hall–Kier alpha value is -4.00. The summed E-state index contributed by atoms with van der Waals surface area (Å²) >= 11 is 0. The Morgan fingerprint density at radius 2 is 1.76 bits per heavy atom. The van der Waals surface area contributed by atoms with Crippen LogP contribution in [0.4, 0.5) is 4.39 Å². The summed E-state index contributed by atoms with van der Waals surface area (Å²) < 4.78 is 24.8. The highest BCUT2D eigenvalue weighted by molar-refractivity contribution is 6.07. The molecule has 0 aliphatic rings. The van der Waals surface area contributed by atoms with Crippen LogP contribution in [0.3, 0.4) is 0 Å². The van der Waals surface area contributed by atoms with E-state index in [1.807, 2.05) is 30.3 Å². The molecule has 33 heavy (non-hydrogen) atoms. The van der Waals surface area contributed by atoms with Crippen LogP contribution in [0.2, 0.25) is 0 Å². The molecular weight excluding hydrogens is 425 g/mol. The number of nitrogens with one attached hydrogen (secondary N) is 1. The predicted octanol–water partition coefficient (Wildman–Crippen LogP) is 4.58. The van der Waals surface area contributed by atoms with E-state index in [0.717, 1.165) is 10.8 Å². The van der Waals surface area contributed by atoms with Crippen LogP contribution in [-0.4, -0.2) is 17.9 Å². The first-order chi connectivity index (χ1) is 15.8. The summed E-state index contributed by atoms with van der Waals surface area (Å²) in [6.07, 6.45) is 0. The quantitative estimate of drug-likeness (QED) is 0.266. The standard InChI is InChI=1S/C26H22FNO5/c1-15(2)24(28-25(30)19-9-5-6-10-20(19)27)26(31)32-14-17-13-22(29)33-21-12-11-16-7-3-4-8-18(16)23(17)21/h3-13,15,24H,14H2,1-2H3,(H,28,30)/t24-/m0/s1. The molecule has 0 saturated heterocycles. The summed E-state index contributed by atoms with van der Waals surface area (Å²) in [6.45, 7) is 3.30. The molecule has 7 heteroatoms. The lowest BCUT2D eigenvalue weighted by Crippen LogP contribution is -2.45. The molecule has 0 unspecified atom stereocenters. The molecule has 168 valence electrons. The van der Waals surface area contributed by atoms with Gasteiger partial charge in [0.15, 0.2) is 0 Å². The number of halogens is 1. The van der Waals surface area contributed by atoms with Crippen LogP contribution in [0.15, 0.2) is 75.9 Å². The maximum absolute atomic E-state index is 14.0. The lowest BCUT2D eigenvalue weighted by atomic mass is 10.0. The van der Waals surface area contributed by atoms with Crippen molar-refractivity contribution in [3.05, 3.63) is 94.1 Å². The maximum atomic E-state index is 14.0. The van der Waals surface area contributed by atoms with Gasteiger partial charge >= 0.3 is 11.6 Å². The van der Waals surface area contributed by atoms with Gasteiger partial charge in [-0.1, -0.05) is 56.3 Å². The first-order valence-electron chi connectivity index (χ1n) is 10.5. The normalized spacial score (nSPS) is 12.1. The molecule has 0 radical (unpaired) electrons. The van der Waals surface area contributed by atoms with Gasteiger partial charge in [0.1, 0.15) is 24.0 Å². The monoisotopic (exact) mass is 447 g/mol. The minimum absolute atomic E-state index is 0.158. The fourth-order valence-electron chi connectivity index (χ4n) is 3.73. The molecule has 0 bridgehead atoms. The second-order valence-electron chi connectivity index (χ2n) is 8.03. The van der Waals surface area contributed by atoms with E-state index in [9.17, 15) is 18.8 Å². The van der Waals surface area contributed by atoms with E-state index < -0.39 is 29.4 Å². The number of carbonyl (C=O) groups is 2. The minimum Gasteiger partial charge on any atom is -0.459 e. The van der Waals surface area contributed by atoms with Crippen molar-refractivity contribution in [3.63, 3.8) is 0 Å². The predicted molar refractivity (Wildman–Crippen MR) is 122 cm³/mol. The van der Waals surface area contributed by atoms with Gasteiger partial charge in [-0.25, -0.2) is 14.0 Å². The number of benzene rings is 3. The van der Waals surface area contributed by atoms with Gasteiger partial charge in [-0.05, 0) is 34.9 Å². The summed E-state index contributed by atoms with van der Waals surface area (Å²) in [6, 6.07) is 17.0. The van der Waals surface area contributed by atoms with E-state index in [2.05, 4.69) is 5.32 Å². The smallest absolute Gasteiger partial charge is 0.336 e. The molecule has 0 saturated carbocycles. The first-order valence-corrected chi connectivity index (χ1v) is 10.5. The molecule has 1 N–H and O–H groups in total. The molecule has 4 rings (SSSR count). The molecule has 4 aromatic rings. The maximum Gasteiger partial charge on any atom is 0.336 e. The molecular formula is C26H22FNO5. The van der Waals surface area contributed by atoms with Gasteiger partial charge < -0.3 is 14.5 Å². The molecule has 3 aromatic carbocycles. The number of fused-ring (bicyclic) bond motifs is 3. The summed E-state index contributed by atoms with van der Waals surface area (Å²) in [5.41, 5.74) is 0.168. The SMILES string of the molecule is CC(C)[C@H](NC(=O)c1ccccc1F)C(=O)OCc1cc(=O)oc2ccc3ccccc3c12. The van der Waals surface area contributed by atoms with Gasteiger partial charge in [0.25, 0.3) is 5.91 Å². The van der Waals surface area contributed by atoms with Crippen molar-refractivity contribution in [2.24, 2.45) is 5.92 Å². The Balaban J connectivity index is 1.59. The Kier molecular flexibility index (Phi) is 6.22. The molecule has 0 fully saturated rings. The van der Waals surface area contributed by atoms with Gasteiger partial charge in [-0.15, -0.1) is 0 Å². The average Bonchev–Trinajstić information content (AvgIpc) is 2.80. The van der Waals surface area contributed by atoms with Crippen molar-refractivity contribution in [2.75, 3.05) is 0 Å². The number of carbonyl (C=O) groups excluding carboxylic acids is 2. The summed E-state index contributed by atoms with van der Waals surface area (Å²) in [7, 11) is 0. The third-order valence-electron chi connectivity index (χ3n) is 5.41. The zero-order valence-electron chi connectivity index (χ0n) is 18.1. The summed E-state index contributed by atoms with van der Waals surface area (Å²) in [5.74, 6) is -2.39. The van der Waals surface area contributed by atoms with Crippen LogP contribution in [0.1, 0.15) is 29.8 Å². The van der Waals surface area contributed by atoms with Crippen LogP contribution in [0.5, 0.6) is 0 Å². The molecule has 0 aliphatic carbocycles. The van der Waals surface area contributed by atoms with Crippen molar-refractivity contribution in [1.29, 1.82) is 0 Å². The fraction of sp³-hybridized carbons (Fsp3) is 0.192. The number of hydrogen-bond acceptors (Lipinski definition) is 5. The second kappa shape index (κ2) is 9.24. The number of esters is 1. The number of amides is 1. The van der Waals surface area contributed by atoms with Gasteiger partial charge in [-0.3, -0.25) is 4.79 Å². The van der Waals surface area contributed by atoms with E-state index in [0.29, 0.717) is 16.5 Å². The van der Waals surface area contributed by atoms with E-state index in [-0.39, 0.29) is 18.1 Å². The van der Waals surface area contributed by atoms with Crippen LogP contribution >= 0.6 is 0 Å². The van der Waals surface area contributed by atoms with Crippen molar-refractivity contribution in [2.45, 2.75) is 26.5 Å². The highest BCUT2D eigenvalue weighted by Crippen LogP contribution is 2.28. The van der Waals surface area contributed by atoms with Gasteiger partial charge in [0.05, 0.1) is 5.56 Å². The molecule has 1 heterocycles. The second-order valence-corrected chi connectivity index (χ2v) is 8.03. The van der Waals surface area contributed by atoms with Crippen LogP contribution < -0.4 is 10.9 Å². The molecule has 1 atom stereocenters. The minimum atomic E-state index is -1.000. The summed E-state index contributed by atoms with van der Waals surface area (Å²) in [4.78, 5) is 37.4. The lowest BCUT2D eigenvalue weighted by molar-refractivity contribution is -0.148. The Labute approximate surface area is 189 Å². The first kappa shape index (κ1) is 22.2. The highest BCUT2D eigenvalue weighted by atomic mass is 19.1. The molecule has 1 amide bonds.